The Morgan fingerprint density at radius 2 is 2.07 bits per heavy atom. The van der Waals surface area contributed by atoms with Gasteiger partial charge in [0.2, 0.25) is 0 Å². The van der Waals surface area contributed by atoms with Crippen molar-refractivity contribution in [2.24, 2.45) is 5.73 Å². The first-order valence-electron chi connectivity index (χ1n) is 4.76. The summed E-state index contributed by atoms with van der Waals surface area (Å²) >= 11 is 0. The summed E-state index contributed by atoms with van der Waals surface area (Å²) in [6.45, 7) is 0.367. The molecular weight excluding hydrogens is 195 g/mol. The van der Waals surface area contributed by atoms with E-state index in [9.17, 15) is 9.18 Å². The molecule has 2 heterocycles. The van der Waals surface area contributed by atoms with Gasteiger partial charge in [-0.05, 0) is 23.6 Å². The highest BCUT2D eigenvalue weighted by Crippen LogP contribution is 2.31. The van der Waals surface area contributed by atoms with E-state index in [1.54, 1.807) is 16.7 Å². The molecule has 0 amide bonds. The second-order valence-electron chi connectivity index (χ2n) is 3.79. The maximum absolute atomic E-state index is 13.5. The van der Waals surface area contributed by atoms with Gasteiger partial charge in [0, 0.05) is 18.2 Å². The SMILES string of the molecule is NC1Cn2c(=O)ccc3ccc(F)c1c32. The lowest BCUT2D eigenvalue weighted by Gasteiger charge is -2.03. The van der Waals surface area contributed by atoms with E-state index in [2.05, 4.69) is 0 Å². The average Bonchev–Trinajstić information content (AvgIpc) is 2.56. The van der Waals surface area contributed by atoms with Gasteiger partial charge < -0.3 is 10.3 Å². The zero-order valence-corrected chi connectivity index (χ0v) is 7.90. The first kappa shape index (κ1) is 8.61. The van der Waals surface area contributed by atoms with Crippen molar-refractivity contribution in [2.75, 3.05) is 0 Å². The lowest BCUT2D eigenvalue weighted by atomic mass is 10.1. The van der Waals surface area contributed by atoms with Crippen LogP contribution in [0.2, 0.25) is 0 Å². The van der Waals surface area contributed by atoms with E-state index in [0.29, 0.717) is 17.6 Å². The predicted molar refractivity (Wildman–Crippen MR) is 55.1 cm³/mol. The average molecular weight is 204 g/mol. The zero-order valence-electron chi connectivity index (χ0n) is 7.90. The van der Waals surface area contributed by atoms with Crippen molar-refractivity contribution in [1.82, 2.24) is 4.57 Å². The number of aromatic nitrogens is 1. The van der Waals surface area contributed by atoms with E-state index < -0.39 is 6.04 Å². The number of nitrogens with two attached hydrogens (primary N) is 1. The molecule has 3 nitrogen and oxygen atoms in total. The number of hydrogen-bond acceptors (Lipinski definition) is 2. The van der Waals surface area contributed by atoms with Crippen LogP contribution in [0.5, 0.6) is 0 Å². The molecule has 0 fully saturated rings. The van der Waals surface area contributed by atoms with Crippen LogP contribution in [-0.2, 0) is 6.54 Å². The third-order valence-corrected chi connectivity index (χ3v) is 2.89. The summed E-state index contributed by atoms with van der Waals surface area (Å²) in [5.41, 5.74) is 6.80. The molecule has 2 aromatic rings. The smallest absolute Gasteiger partial charge is 0.251 e. The van der Waals surface area contributed by atoms with Crippen LogP contribution in [0.15, 0.2) is 29.1 Å². The fourth-order valence-electron chi connectivity index (χ4n) is 2.22. The second kappa shape index (κ2) is 2.67. The van der Waals surface area contributed by atoms with Crippen molar-refractivity contribution >= 4 is 10.9 Å². The van der Waals surface area contributed by atoms with Crippen LogP contribution in [0.4, 0.5) is 4.39 Å². The fraction of sp³-hybridized carbons (Fsp3) is 0.182. The van der Waals surface area contributed by atoms with Crippen LogP contribution in [0, 0.1) is 5.82 Å². The summed E-state index contributed by atoms with van der Waals surface area (Å²) in [7, 11) is 0. The Morgan fingerprint density at radius 1 is 1.33 bits per heavy atom. The quantitative estimate of drug-likeness (QED) is 0.699. The normalized spacial score (nSPS) is 18.7. The summed E-state index contributed by atoms with van der Waals surface area (Å²) in [6, 6.07) is 5.85. The van der Waals surface area contributed by atoms with E-state index in [1.165, 1.54) is 12.1 Å². The third-order valence-electron chi connectivity index (χ3n) is 2.89. The molecule has 1 aliphatic heterocycles. The van der Waals surface area contributed by atoms with Gasteiger partial charge in [-0.25, -0.2) is 4.39 Å². The Kier molecular flexibility index (Phi) is 1.53. The van der Waals surface area contributed by atoms with Crippen molar-refractivity contribution in [3.8, 4) is 0 Å². The van der Waals surface area contributed by atoms with E-state index >= 15 is 0 Å². The maximum Gasteiger partial charge on any atom is 0.251 e. The van der Waals surface area contributed by atoms with Crippen molar-refractivity contribution in [1.29, 1.82) is 0 Å². The molecule has 1 aromatic heterocycles. The molecule has 1 aromatic carbocycles. The van der Waals surface area contributed by atoms with Crippen LogP contribution < -0.4 is 11.3 Å². The number of halogens is 1. The van der Waals surface area contributed by atoms with Crippen molar-refractivity contribution in [3.63, 3.8) is 0 Å². The number of benzene rings is 1. The molecule has 76 valence electrons. The van der Waals surface area contributed by atoms with Crippen LogP contribution in [0.3, 0.4) is 0 Å². The van der Waals surface area contributed by atoms with Gasteiger partial charge in [-0.1, -0.05) is 0 Å². The Bertz CT molecular complexity index is 618. The Hall–Kier alpha value is -1.68. The van der Waals surface area contributed by atoms with Gasteiger partial charge in [-0.15, -0.1) is 0 Å². The Morgan fingerprint density at radius 3 is 2.87 bits per heavy atom. The van der Waals surface area contributed by atoms with Crippen molar-refractivity contribution in [2.45, 2.75) is 12.6 Å². The molecule has 4 heteroatoms. The molecule has 0 radical (unpaired) electrons. The van der Waals surface area contributed by atoms with Crippen molar-refractivity contribution < 1.29 is 4.39 Å². The molecule has 0 bridgehead atoms. The lowest BCUT2D eigenvalue weighted by Crippen LogP contribution is -2.19. The van der Waals surface area contributed by atoms with E-state index in [-0.39, 0.29) is 11.4 Å². The summed E-state index contributed by atoms with van der Waals surface area (Å²) in [4.78, 5) is 11.5. The first-order valence-corrected chi connectivity index (χ1v) is 4.76. The largest absolute Gasteiger partial charge is 0.322 e. The third kappa shape index (κ3) is 0.995. The minimum atomic E-state index is -0.413. The van der Waals surface area contributed by atoms with Crippen molar-refractivity contribution in [3.05, 3.63) is 46.0 Å². The van der Waals surface area contributed by atoms with Crippen LogP contribution in [0.25, 0.3) is 10.9 Å². The van der Waals surface area contributed by atoms with Gasteiger partial charge in [-0.3, -0.25) is 4.79 Å². The highest BCUT2D eigenvalue weighted by Gasteiger charge is 2.25. The molecule has 0 saturated heterocycles. The molecule has 1 unspecified atom stereocenters. The van der Waals surface area contributed by atoms with Gasteiger partial charge in [0.1, 0.15) is 5.82 Å². The van der Waals surface area contributed by atoms with E-state index in [4.69, 9.17) is 5.73 Å². The highest BCUT2D eigenvalue weighted by atomic mass is 19.1. The molecule has 0 saturated carbocycles. The van der Waals surface area contributed by atoms with Crippen LogP contribution >= 0.6 is 0 Å². The monoisotopic (exact) mass is 204 g/mol. The zero-order chi connectivity index (χ0) is 10.6. The van der Waals surface area contributed by atoms with E-state index in [1.807, 2.05) is 0 Å². The standard InChI is InChI=1S/C11H9FN2O/c12-7-3-1-6-2-4-9(15)14-5-8(13)10(7)11(6)14/h1-4,8H,5,13H2. The lowest BCUT2D eigenvalue weighted by molar-refractivity contribution is 0.569. The van der Waals surface area contributed by atoms with Gasteiger partial charge in [0.25, 0.3) is 5.56 Å². The molecule has 0 aliphatic carbocycles. The van der Waals surface area contributed by atoms with Gasteiger partial charge >= 0.3 is 0 Å². The molecule has 3 rings (SSSR count). The number of nitrogens with zero attached hydrogens (tertiary/aromatic N) is 1. The summed E-state index contributed by atoms with van der Waals surface area (Å²) < 4.78 is 15.1. The summed E-state index contributed by atoms with van der Waals surface area (Å²) in [5, 5.41) is 0.860. The molecule has 1 aliphatic rings. The molecule has 0 spiro atoms. The number of rotatable bonds is 0. The topological polar surface area (TPSA) is 48.0 Å². The summed E-state index contributed by atoms with van der Waals surface area (Å²) in [5.74, 6) is -0.327. The number of hydrogen-bond donors (Lipinski definition) is 1. The minimum absolute atomic E-state index is 0.123. The van der Waals surface area contributed by atoms with Crippen LogP contribution in [0.1, 0.15) is 11.6 Å². The second-order valence-corrected chi connectivity index (χ2v) is 3.79. The van der Waals surface area contributed by atoms with E-state index in [0.717, 1.165) is 5.39 Å². The van der Waals surface area contributed by atoms with Gasteiger partial charge in [-0.2, -0.15) is 0 Å². The van der Waals surface area contributed by atoms with Gasteiger partial charge in [0.15, 0.2) is 0 Å². The van der Waals surface area contributed by atoms with Crippen LogP contribution in [-0.4, -0.2) is 4.57 Å². The Labute approximate surface area is 84.9 Å². The summed E-state index contributed by atoms with van der Waals surface area (Å²) in [6.07, 6.45) is 0. The van der Waals surface area contributed by atoms with Gasteiger partial charge in [0.05, 0.1) is 11.6 Å². The molecule has 2 N–H and O–H groups in total. The minimum Gasteiger partial charge on any atom is -0.322 e. The molecular formula is C11H9FN2O. The molecule has 1 atom stereocenters. The fourth-order valence-corrected chi connectivity index (χ4v) is 2.22. The first-order chi connectivity index (χ1) is 7.18. The predicted octanol–water partition coefficient (Wildman–Crippen LogP) is 1.15. The maximum atomic E-state index is 13.5. The number of pyridine rings is 1. The molecule has 15 heavy (non-hydrogen) atoms. The highest BCUT2D eigenvalue weighted by molar-refractivity contribution is 5.84. The Balaban J connectivity index is 2.59.